The fourth-order valence-electron chi connectivity index (χ4n) is 2.59. The van der Waals surface area contributed by atoms with Crippen molar-refractivity contribution in [1.82, 2.24) is 25.4 Å². The summed E-state index contributed by atoms with van der Waals surface area (Å²) in [5.41, 5.74) is 1.92. The molecule has 3 rings (SSSR count). The van der Waals surface area contributed by atoms with Gasteiger partial charge in [0.1, 0.15) is 5.76 Å². The van der Waals surface area contributed by atoms with Crippen molar-refractivity contribution in [2.75, 3.05) is 7.05 Å². The molecule has 8 nitrogen and oxygen atoms in total. The summed E-state index contributed by atoms with van der Waals surface area (Å²) in [5, 5.41) is 13.3. The van der Waals surface area contributed by atoms with Crippen LogP contribution in [0.2, 0.25) is 0 Å². The molecule has 2 aromatic heterocycles. The van der Waals surface area contributed by atoms with Crippen molar-refractivity contribution in [3.8, 4) is 11.4 Å². The highest BCUT2D eigenvalue weighted by Gasteiger charge is 2.23. The van der Waals surface area contributed by atoms with Gasteiger partial charge in [-0.05, 0) is 25.5 Å². The monoisotopic (exact) mass is 399 g/mol. The van der Waals surface area contributed by atoms with Gasteiger partial charge in [-0.1, -0.05) is 42.1 Å². The van der Waals surface area contributed by atoms with Crippen LogP contribution in [0.4, 0.5) is 4.79 Å². The van der Waals surface area contributed by atoms with Gasteiger partial charge < -0.3 is 9.73 Å². The van der Waals surface area contributed by atoms with Crippen LogP contribution in [-0.2, 0) is 11.3 Å². The fraction of sp³-hybridized carbons (Fsp3) is 0.263. The number of carbonyl (C=O) groups excluding carboxylic acids is 2. The average molecular weight is 399 g/mol. The predicted molar refractivity (Wildman–Crippen MR) is 106 cm³/mol. The molecule has 0 aliphatic carbocycles. The number of hydrogen-bond donors (Lipinski definition) is 2. The number of urea groups is 1. The first-order valence-corrected chi connectivity index (χ1v) is 9.58. The Labute approximate surface area is 166 Å². The lowest BCUT2D eigenvalue weighted by Gasteiger charge is -2.13. The Morgan fingerprint density at radius 3 is 2.61 bits per heavy atom. The molecule has 9 heteroatoms. The van der Waals surface area contributed by atoms with E-state index in [2.05, 4.69) is 20.8 Å². The Bertz CT molecular complexity index is 967. The average Bonchev–Trinajstić information content (AvgIpc) is 3.28. The third-order valence-electron chi connectivity index (χ3n) is 4.12. The maximum atomic E-state index is 12.2. The maximum absolute atomic E-state index is 12.2. The number of imide groups is 1. The second kappa shape index (κ2) is 8.75. The predicted octanol–water partition coefficient (Wildman–Crippen LogP) is 2.83. The number of amides is 3. The fourth-order valence-corrected chi connectivity index (χ4v) is 3.44. The standard InChI is InChI=1S/C19H21N5O3S/c1-12-15(9-10-27-12)16-22-23-19(24(16)11-14-7-5-4-6-8-14)28-13(2)17(25)21-18(26)20-3/h4-10,13H,11H2,1-3H3,(H2,20,21,25,26). The number of aromatic nitrogens is 3. The molecule has 3 aromatic rings. The SMILES string of the molecule is CNC(=O)NC(=O)C(C)Sc1nnc(-c2ccoc2C)n1Cc1ccccc1. The second-order valence-corrected chi connectivity index (χ2v) is 7.40. The van der Waals surface area contributed by atoms with Crippen molar-refractivity contribution in [3.05, 3.63) is 54.0 Å². The van der Waals surface area contributed by atoms with Crippen LogP contribution in [-0.4, -0.2) is 39.0 Å². The topological polar surface area (TPSA) is 102 Å². The number of carbonyl (C=O) groups is 2. The van der Waals surface area contributed by atoms with Gasteiger partial charge in [-0.25, -0.2) is 4.79 Å². The van der Waals surface area contributed by atoms with Gasteiger partial charge >= 0.3 is 6.03 Å². The molecule has 0 aliphatic rings. The lowest BCUT2D eigenvalue weighted by molar-refractivity contribution is -0.119. The molecule has 146 valence electrons. The Kier molecular flexibility index (Phi) is 6.15. The number of rotatable bonds is 6. The molecule has 2 heterocycles. The van der Waals surface area contributed by atoms with E-state index < -0.39 is 17.2 Å². The highest BCUT2D eigenvalue weighted by molar-refractivity contribution is 8.00. The summed E-state index contributed by atoms with van der Waals surface area (Å²) in [6, 6.07) is 11.2. The molecule has 0 aliphatic heterocycles. The Hall–Kier alpha value is -3.07. The van der Waals surface area contributed by atoms with E-state index in [1.165, 1.54) is 18.8 Å². The van der Waals surface area contributed by atoms with Gasteiger partial charge in [-0.3, -0.25) is 14.7 Å². The van der Waals surface area contributed by atoms with E-state index in [0.717, 1.165) is 16.9 Å². The van der Waals surface area contributed by atoms with Crippen molar-refractivity contribution in [3.63, 3.8) is 0 Å². The van der Waals surface area contributed by atoms with Gasteiger partial charge in [-0.2, -0.15) is 0 Å². The first-order valence-electron chi connectivity index (χ1n) is 8.70. The molecule has 0 saturated carbocycles. The number of hydrogen-bond acceptors (Lipinski definition) is 6. The minimum Gasteiger partial charge on any atom is -0.469 e. The first-order chi connectivity index (χ1) is 13.5. The molecule has 3 amide bonds. The number of nitrogens with zero attached hydrogens (tertiary/aromatic N) is 3. The zero-order valence-electron chi connectivity index (χ0n) is 15.8. The summed E-state index contributed by atoms with van der Waals surface area (Å²) in [5.74, 6) is 1.000. The van der Waals surface area contributed by atoms with Gasteiger partial charge in [0.15, 0.2) is 11.0 Å². The Morgan fingerprint density at radius 1 is 1.21 bits per heavy atom. The highest BCUT2D eigenvalue weighted by Crippen LogP contribution is 2.29. The highest BCUT2D eigenvalue weighted by atomic mass is 32.2. The van der Waals surface area contributed by atoms with E-state index >= 15 is 0 Å². The molecule has 28 heavy (non-hydrogen) atoms. The van der Waals surface area contributed by atoms with E-state index in [1.54, 1.807) is 13.2 Å². The van der Waals surface area contributed by atoms with E-state index in [0.29, 0.717) is 17.5 Å². The van der Waals surface area contributed by atoms with Crippen LogP contribution in [0.1, 0.15) is 18.2 Å². The summed E-state index contributed by atoms with van der Waals surface area (Å²) in [6.45, 7) is 4.12. The summed E-state index contributed by atoms with van der Waals surface area (Å²) < 4.78 is 7.36. The summed E-state index contributed by atoms with van der Waals surface area (Å²) in [7, 11) is 1.45. The van der Waals surface area contributed by atoms with E-state index in [1.807, 2.05) is 47.9 Å². The molecule has 0 spiro atoms. The van der Waals surface area contributed by atoms with Crippen molar-refractivity contribution >= 4 is 23.7 Å². The van der Waals surface area contributed by atoms with Crippen molar-refractivity contribution in [2.24, 2.45) is 0 Å². The molecule has 1 aromatic carbocycles. The molecule has 0 saturated heterocycles. The lowest BCUT2D eigenvalue weighted by atomic mass is 10.2. The van der Waals surface area contributed by atoms with Crippen molar-refractivity contribution in [1.29, 1.82) is 0 Å². The summed E-state index contributed by atoms with van der Waals surface area (Å²) >= 11 is 1.24. The zero-order chi connectivity index (χ0) is 20.1. The van der Waals surface area contributed by atoms with Crippen LogP contribution >= 0.6 is 11.8 Å². The molecule has 0 bridgehead atoms. The van der Waals surface area contributed by atoms with Crippen LogP contribution in [0, 0.1) is 6.92 Å². The number of thioether (sulfide) groups is 1. The Morgan fingerprint density at radius 2 is 1.96 bits per heavy atom. The summed E-state index contributed by atoms with van der Waals surface area (Å²) in [6.07, 6.45) is 1.61. The van der Waals surface area contributed by atoms with Gasteiger partial charge in [0.05, 0.1) is 23.6 Å². The lowest BCUT2D eigenvalue weighted by Crippen LogP contribution is -2.41. The van der Waals surface area contributed by atoms with Crippen LogP contribution in [0.5, 0.6) is 0 Å². The quantitative estimate of drug-likeness (QED) is 0.618. The van der Waals surface area contributed by atoms with Gasteiger partial charge in [0.25, 0.3) is 0 Å². The Balaban J connectivity index is 1.90. The van der Waals surface area contributed by atoms with Gasteiger partial charge in [0.2, 0.25) is 5.91 Å². The minimum absolute atomic E-state index is 0.403. The zero-order valence-corrected chi connectivity index (χ0v) is 16.6. The van der Waals surface area contributed by atoms with Gasteiger partial charge in [-0.15, -0.1) is 10.2 Å². The smallest absolute Gasteiger partial charge is 0.321 e. The number of furan rings is 1. The van der Waals surface area contributed by atoms with E-state index in [-0.39, 0.29) is 0 Å². The molecule has 2 N–H and O–H groups in total. The number of nitrogens with one attached hydrogen (secondary N) is 2. The van der Waals surface area contributed by atoms with E-state index in [9.17, 15) is 9.59 Å². The molecule has 1 unspecified atom stereocenters. The molecule has 1 atom stereocenters. The normalized spacial score (nSPS) is 11.8. The largest absolute Gasteiger partial charge is 0.469 e. The molecular weight excluding hydrogens is 378 g/mol. The molecule has 0 fully saturated rings. The number of aryl methyl sites for hydroxylation is 1. The third-order valence-corrected chi connectivity index (χ3v) is 5.20. The molecular formula is C19H21N5O3S. The minimum atomic E-state index is -0.544. The van der Waals surface area contributed by atoms with E-state index in [4.69, 9.17) is 4.42 Å². The summed E-state index contributed by atoms with van der Waals surface area (Å²) in [4.78, 5) is 23.6. The van der Waals surface area contributed by atoms with Crippen molar-refractivity contribution < 1.29 is 14.0 Å². The van der Waals surface area contributed by atoms with Crippen molar-refractivity contribution in [2.45, 2.75) is 30.8 Å². The van der Waals surface area contributed by atoms with Crippen LogP contribution in [0.3, 0.4) is 0 Å². The van der Waals surface area contributed by atoms with Crippen LogP contribution in [0.15, 0.2) is 52.2 Å². The third kappa shape index (κ3) is 4.42. The van der Waals surface area contributed by atoms with Crippen LogP contribution < -0.4 is 10.6 Å². The number of benzene rings is 1. The maximum Gasteiger partial charge on any atom is 0.321 e. The second-order valence-electron chi connectivity index (χ2n) is 6.10. The molecule has 0 radical (unpaired) electrons. The van der Waals surface area contributed by atoms with Gasteiger partial charge in [0, 0.05) is 7.05 Å². The van der Waals surface area contributed by atoms with Crippen LogP contribution in [0.25, 0.3) is 11.4 Å². The first kappa shape index (κ1) is 19.7.